The fourth-order valence-electron chi connectivity index (χ4n) is 2.31. The van der Waals surface area contributed by atoms with Crippen molar-refractivity contribution < 1.29 is 0 Å². The third-order valence-corrected chi connectivity index (χ3v) is 3.87. The highest BCUT2D eigenvalue weighted by atomic mass is 35.5. The molecule has 0 saturated heterocycles. The van der Waals surface area contributed by atoms with Crippen LogP contribution in [0.4, 0.5) is 5.69 Å². The van der Waals surface area contributed by atoms with E-state index in [-0.39, 0.29) is 0 Å². The molecule has 0 spiro atoms. The summed E-state index contributed by atoms with van der Waals surface area (Å²) < 4.78 is 2.19. The molecule has 0 aliphatic carbocycles. The molecule has 1 aromatic carbocycles. The summed E-state index contributed by atoms with van der Waals surface area (Å²) in [4.78, 5) is 0. The lowest BCUT2D eigenvalue weighted by molar-refractivity contribution is 0.510. The van der Waals surface area contributed by atoms with Crippen molar-refractivity contribution in [3.8, 4) is 0 Å². The number of nitrogens with one attached hydrogen (secondary N) is 1. The molecule has 0 unspecified atom stereocenters. The molecular weight excluding hydrogens is 283 g/mol. The lowest BCUT2D eigenvalue weighted by atomic mass is 10.2. The molecule has 0 radical (unpaired) electrons. The average molecular weight is 297 g/mol. The highest BCUT2D eigenvalue weighted by molar-refractivity contribution is 6.35. The largest absolute Gasteiger partial charge is 0.376 e. The third-order valence-electron chi connectivity index (χ3n) is 3.30. The minimum Gasteiger partial charge on any atom is -0.376 e. The van der Waals surface area contributed by atoms with Crippen LogP contribution < -0.4 is 5.32 Å². The molecule has 19 heavy (non-hydrogen) atoms. The maximum atomic E-state index is 6.12. The summed E-state index contributed by atoms with van der Waals surface area (Å²) in [5, 5.41) is 13.0. The van der Waals surface area contributed by atoms with E-state index in [1.54, 1.807) is 12.1 Å². The summed E-state index contributed by atoms with van der Waals surface area (Å²) in [6.07, 6.45) is 3.41. The molecule has 0 atom stereocenters. The average Bonchev–Trinajstić information content (AvgIpc) is 2.83. The van der Waals surface area contributed by atoms with Crippen molar-refractivity contribution in [3.63, 3.8) is 0 Å². The SMILES string of the molecule is Clc1ccc(Cl)c(NCc2nnc3n2CCCC3)c1. The minimum absolute atomic E-state index is 0.604. The van der Waals surface area contributed by atoms with Crippen LogP contribution in [0, 0.1) is 0 Å². The van der Waals surface area contributed by atoms with Gasteiger partial charge in [0.1, 0.15) is 5.82 Å². The van der Waals surface area contributed by atoms with Gasteiger partial charge in [0.25, 0.3) is 0 Å². The standard InChI is InChI=1S/C13H14Cl2N4/c14-9-4-5-10(15)11(7-9)16-8-13-18-17-12-3-1-2-6-19(12)13/h4-5,7,16H,1-3,6,8H2. The second-order valence-corrected chi connectivity index (χ2v) is 5.46. The van der Waals surface area contributed by atoms with Crippen molar-refractivity contribution in [1.82, 2.24) is 14.8 Å². The van der Waals surface area contributed by atoms with Crippen molar-refractivity contribution in [1.29, 1.82) is 0 Å². The van der Waals surface area contributed by atoms with E-state index in [1.165, 1.54) is 12.8 Å². The normalized spacial score (nSPS) is 14.2. The monoisotopic (exact) mass is 296 g/mol. The van der Waals surface area contributed by atoms with Crippen LogP contribution in [0.3, 0.4) is 0 Å². The van der Waals surface area contributed by atoms with Gasteiger partial charge < -0.3 is 9.88 Å². The Hall–Kier alpha value is -1.26. The molecule has 6 heteroatoms. The van der Waals surface area contributed by atoms with E-state index in [0.29, 0.717) is 16.6 Å². The first-order valence-electron chi connectivity index (χ1n) is 6.34. The zero-order chi connectivity index (χ0) is 13.2. The molecule has 2 heterocycles. The topological polar surface area (TPSA) is 42.7 Å². The van der Waals surface area contributed by atoms with Gasteiger partial charge in [0.15, 0.2) is 5.82 Å². The Morgan fingerprint density at radius 3 is 3.00 bits per heavy atom. The van der Waals surface area contributed by atoms with Gasteiger partial charge in [-0.05, 0) is 31.0 Å². The Labute approximate surface area is 121 Å². The van der Waals surface area contributed by atoms with E-state index in [0.717, 1.165) is 30.3 Å². The van der Waals surface area contributed by atoms with Gasteiger partial charge in [-0.25, -0.2) is 0 Å². The van der Waals surface area contributed by atoms with Crippen LogP contribution >= 0.6 is 23.2 Å². The highest BCUT2D eigenvalue weighted by Gasteiger charge is 2.15. The molecular formula is C13H14Cl2N4. The van der Waals surface area contributed by atoms with Crippen LogP contribution in [0.5, 0.6) is 0 Å². The predicted octanol–water partition coefficient (Wildman–Crippen LogP) is 3.53. The quantitative estimate of drug-likeness (QED) is 0.942. The molecule has 1 aromatic heterocycles. The van der Waals surface area contributed by atoms with E-state index in [2.05, 4.69) is 20.1 Å². The van der Waals surface area contributed by atoms with Crippen LogP contribution in [0.2, 0.25) is 10.0 Å². The summed E-state index contributed by atoms with van der Waals surface area (Å²) in [5.41, 5.74) is 0.822. The first-order valence-corrected chi connectivity index (χ1v) is 7.09. The second-order valence-electron chi connectivity index (χ2n) is 4.62. The van der Waals surface area contributed by atoms with Gasteiger partial charge in [-0.1, -0.05) is 23.2 Å². The third kappa shape index (κ3) is 2.69. The number of fused-ring (bicyclic) bond motifs is 1. The van der Waals surface area contributed by atoms with E-state index >= 15 is 0 Å². The molecule has 0 saturated carbocycles. The Kier molecular flexibility index (Phi) is 3.62. The number of rotatable bonds is 3. The van der Waals surface area contributed by atoms with Crippen LogP contribution in [0.15, 0.2) is 18.2 Å². The maximum Gasteiger partial charge on any atom is 0.152 e. The molecule has 4 nitrogen and oxygen atoms in total. The number of aryl methyl sites for hydroxylation is 1. The summed E-state index contributed by atoms with van der Waals surface area (Å²) in [6, 6.07) is 5.37. The number of nitrogens with zero attached hydrogens (tertiary/aromatic N) is 3. The molecule has 1 aliphatic heterocycles. The van der Waals surface area contributed by atoms with Gasteiger partial charge >= 0.3 is 0 Å². The van der Waals surface area contributed by atoms with Crippen LogP contribution in [0.25, 0.3) is 0 Å². The van der Waals surface area contributed by atoms with Crippen molar-refractivity contribution in [2.24, 2.45) is 0 Å². The molecule has 0 amide bonds. The fourth-order valence-corrected chi connectivity index (χ4v) is 2.66. The summed E-state index contributed by atoms with van der Waals surface area (Å²) in [6.45, 7) is 1.61. The number of benzene rings is 1. The van der Waals surface area contributed by atoms with Gasteiger partial charge in [-0.3, -0.25) is 0 Å². The Morgan fingerprint density at radius 2 is 2.11 bits per heavy atom. The molecule has 2 aromatic rings. The van der Waals surface area contributed by atoms with E-state index < -0.39 is 0 Å². The van der Waals surface area contributed by atoms with Gasteiger partial charge in [0.05, 0.1) is 17.3 Å². The second kappa shape index (κ2) is 5.39. The number of aromatic nitrogens is 3. The minimum atomic E-state index is 0.604. The number of anilines is 1. The summed E-state index contributed by atoms with van der Waals surface area (Å²) in [5.74, 6) is 2.03. The van der Waals surface area contributed by atoms with E-state index in [1.807, 2.05) is 6.07 Å². The lowest BCUT2D eigenvalue weighted by Crippen LogP contribution is -2.15. The summed E-state index contributed by atoms with van der Waals surface area (Å²) in [7, 11) is 0. The van der Waals surface area contributed by atoms with Gasteiger partial charge in [-0.15, -0.1) is 10.2 Å². The van der Waals surface area contributed by atoms with Crippen molar-refractivity contribution in [2.45, 2.75) is 32.4 Å². The number of halogens is 2. The zero-order valence-corrected chi connectivity index (χ0v) is 11.9. The number of hydrogen-bond acceptors (Lipinski definition) is 3. The smallest absolute Gasteiger partial charge is 0.152 e. The lowest BCUT2D eigenvalue weighted by Gasteiger charge is -2.15. The zero-order valence-electron chi connectivity index (χ0n) is 10.4. The fraction of sp³-hybridized carbons (Fsp3) is 0.385. The Morgan fingerprint density at radius 1 is 1.21 bits per heavy atom. The number of hydrogen-bond donors (Lipinski definition) is 1. The maximum absolute atomic E-state index is 6.12. The first-order chi connectivity index (χ1) is 9.24. The van der Waals surface area contributed by atoms with Crippen LogP contribution in [0.1, 0.15) is 24.5 Å². The van der Waals surface area contributed by atoms with E-state index in [9.17, 15) is 0 Å². The Bertz CT molecular complexity index is 594. The molecule has 0 bridgehead atoms. The molecule has 100 valence electrons. The highest BCUT2D eigenvalue weighted by Crippen LogP contribution is 2.26. The Balaban J connectivity index is 1.75. The van der Waals surface area contributed by atoms with Crippen molar-refractivity contribution in [3.05, 3.63) is 39.9 Å². The van der Waals surface area contributed by atoms with Gasteiger partial charge in [0.2, 0.25) is 0 Å². The van der Waals surface area contributed by atoms with Gasteiger partial charge in [0, 0.05) is 18.0 Å². The van der Waals surface area contributed by atoms with Crippen LogP contribution in [-0.2, 0) is 19.5 Å². The van der Waals surface area contributed by atoms with Crippen LogP contribution in [-0.4, -0.2) is 14.8 Å². The van der Waals surface area contributed by atoms with E-state index in [4.69, 9.17) is 23.2 Å². The van der Waals surface area contributed by atoms with Crippen molar-refractivity contribution >= 4 is 28.9 Å². The molecule has 0 fully saturated rings. The molecule has 3 rings (SSSR count). The van der Waals surface area contributed by atoms with Crippen molar-refractivity contribution in [2.75, 3.05) is 5.32 Å². The predicted molar refractivity (Wildman–Crippen MR) is 76.7 cm³/mol. The molecule has 1 N–H and O–H groups in total. The first kappa shape index (κ1) is 12.8. The van der Waals surface area contributed by atoms with Gasteiger partial charge in [-0.2, -0.15) is 0 Å². The summed E-state index contributed by atoms with van der Waals surface area (Å²) >= 11 is 12.1. The molecule has 1 aliphatic rings.